The molecule has 2 aromatic heterocycles. The Kier molecular flexibility index (Phi) is 6.09. The van der Waals surface area contributed by atoms with E-state index in [0.717, 1.165) is 6.20 Å². The van der Waals surface area contributed by atoms with Crippen LogP contribution in [-0.2, 0) is 9.71 Å². The van der Waals surface area contributed by atoms with Crippen molar-refractivity contribution >= 4 is 26.7 Å². The summed E-state index contributed by atoms with van der Waals surface area (Å²) in [5, 5.41) is 10.2. The van der Waals surface area contributed by atoms with E-state index in [1.807, 2.05) is 0 Å². The molecule has 152 valence electrons. The lowest BCUT2D eigenvalue weighted by molar-refractivity contribution is 0.412. The fourth-order valence-corrected chi connectivity index (χ4v) is 3.41. The first-order chi connectivity index (χ1) is 13.8. The van der Waals surface area contributed by atoms with Crippen LogP contribution in [0.4, 0.5) is 20.4 Å². The number of methoxy groups -OCH3 is 1. The van der Waals surface area contributed by atoms with Gasteiger partial charge in [-0.15, -0.1) is 0 Å². The first-order valence-electron chi connectivity index (χ1n) is 8.68. The van der Waals surface area contributed by atoms with Crippen LogP contribution >= 0.6 is 0 Å². The normalized spacial score (nSPS) is 12.9. The SMILES string of the molecule is CCS(N)(=O)=Cc1ccnc(Nc2cc(-c3ccc(F)cc3OC)c(F)cn2)c1. The highest BCUT2D eigenvalue weighted by molar-refractivity contribution is 7.99. The van der Waals surface area contributed by atoms with Crippen LogP contribution in [0.3, 0.4) is 0 Å². The molecular weight excluding hydrogens is 398 g/mol. The van der Waals surface area contributed by atoms with Crippen molar-refractivity contribution in [2.24, 2.45) is 5.14 Å². The minimum Gasteiger partial charge on any atom is -0.496 e. The third-order valence-electron chi connectivity index (χ3n) is 4.14. The smallest absolute Gasteiger partial charge is 0.149 e. The van der Waals surface area contributed by atoms with E-state index < -0.39 is 21.3 Å². The molecule has 0 aliphatic carbocycles. The number of aromatic nitrogens is 2. The average molecular weight is 418 g/mol. The predicted octanol–water partition coefficient (Wildman–Crippen LogP) is 3.50. The molecule has 3 N–H and O–H groups in total. The third-order valence-corrected chi connectivity index (χ3v) is 5.71. The average Bonchev–Trinajstić information content (AvgIpc) is 2.69. The molecule has 1 unspecified atom stereocenters. The number of hydrogen-bond donors (Lipinski definition) is 2. The highest BCUT2D eigenvalue weighted by atomic mass is 32.2. The van der Waals surface area contributed by atoms with Crippen LogP contribution in [0.2, 0.25) is 0 Å². The molecule has 9 heteroatoms. The number of nitrogens with zero attached hydrogens (tertiary/aromatic N) is 2. The molecule has 29 heavy (non-hydrogen) atoms. The lowest BCUT2D eigenvalue weighted by Crippen LogP contribution is -2.18. The number of rotatable bonds is 6. The lowest BCUT2D eigenvalue weighted by atomic mass is 10.0. The zero-order valence-corrected chi connectivity index (χ0v) is 16.7. The number of halogens is 2. The van der Waals surface area contributed by atoms with Crippen molar-refractivity contribution in [1.82, 2.24) is 9.97 Å². The van der Waals surface area contributed by atoms with Crippen molar-refractivity contribution in [2.75, 3.05) is 18.2 Å². The summed E-state index contributed by atoms with van der Waals surface area (Å²) in [6.45, 7) is 1.74. The molecular formula is C20H20F2N4O2S. The quantitative estimate of drug-likeness (QED) is 0.598. The van der Waals surface area contributed by atoms with Gasteiger partial charge in [0.25, 0.3) is 0 Å². The summed E-state index contributed by atoms with van der Waals surface area (Å²) in [5.41, 5.74) is 1.22. The summed E-state index contributed by atoms with van der Waals surface area (Å²) >= 11 is 0. The maximum Gasteiger partial charge on any atom is 0.149 e. The molecule has 0 aliphatic heterocycles. The van der Waals surface area contributed by atoms with Gasteiger partial charge in [0.15, 0.2) is 0 Å². The fraction of sp³-hybridized carbons (Fsp3) is 0.150. The predicted molar refractivity (Wildman–Crippen MR) is 112 cm³/mol. The zero-order valence-electron chi connectivity index (χ0n) is 15.9. The zero-order chi connectivity index (χ0) is 21.0. The van der Waals surface area contributed by atoms with Crippen molar-refractivity contribution in [1.29, 1.82) is 0 Å². The van der Waals surface area contributed by atoms with Crippen LogP contribution in [-0.4, -0.2) is 32.4 Å². The monoisotopic (exact) mass is 418 g/mol. The summed E-state index contributed by atoms with van der Waals surface area (Å²) < 4.78 is 45.1. The highest BCUT2D eigenvalue weighted by Crippen LogP contribution is 2.33. The molecule has 1 aromatic carbocycles. The van der Waals surface area contributed by atoms with Crippen LogP contribution in [0, 0.1) is 11.6 Å². The Bertz CT molecular complexity index is 1160. The second kappa shape index (κ2) is 8.54. The Labute approximate surface area is 167 Å². The van der Waals surface area contributed by atoms with Gasteiger partial charge in [-0.05, 0) is 35.9 Å². The molecule has 0 saturated carbocycles. The van der Waals surface area contributed by atoms with Gasteiger partial charge >= 0.3 is 0 Å². The Hall–Kier alpha value is -3.04. The largest absolute Gasteiger partial charge is 0.496 e. The molecule has 0 amide bonds. The lowest BCUT2D eigenvalue weighted by Gasteiger charge is -2.12. The van der Waals surface area contributed by atoms with Gasteiger partial charge in [-0.25, -0.2) is 18.7 Å². The first kappa shape index (κ1) is 20.7. The van der Waals surface area contributed by atoms with Crippen molar-refractivity contribution in [3.8, 4) is 16.9 Å². The van der Waals surface area contributed by atoms with Crippen molar-refractivity contribution in [3.63, 3.8) is 0 Å². The van der Waals surface area contributed by atoms with Crippen molar-refractivity contribution in [3.05, 3.63) is 66.0 Å². The molecule has 0 saturated heterocycles. The number of benzene rings is 1. The topological polar surface area (TPSA) is 90.1 Å². The number of nitrogens with one attached hydrogen (secondary N) is 1. The van der Waals surface area contributed by atoms with Gasteiger partial charge in [0.2, 0.25) is 0 Å². The molecule has 0 bridgehead atoms. The maximum absolute atomic E-state index is 14.4. The van der Waals surface area contributed by atoms with Gasteiger partial charge in [0, 0.05) is 44.2 Å². The Morgan fingerprint density at radius 2 is 1.90 bits per heavy atom. The Morgan fingerprint density at radius 1 is 1.14 bits per heavy atom. The molecule has 0 radical (unpaired) electrons. The van der Waals surface area contributed by atoms with E-state index in [-0.39, 0.29) is 11.3 Å². The van der Waals surface area contributed by atoms with Crippen LogP contribution < -0.4 is 15.2 Å². The number of anilines is 2. The van der Waals surface area contributed by atoms with E-state index >= 15 is 0 Å². The van der Waals surface area contributed by atoms with Crippen LogP contribution in [0.15, 0.2) is 48.8 Å². The summed E-state index contributed by atoms with van der Waals surface area (Å²) in [7, 11) is -1.18. The minimum absolute atomic E-state index is 0.193. The van der Waals surface area contributed by atoms with E-state index in [2.05, 4.69) is 15.3 Å². The highest BCUT2D eigenvalue weighted by Gasteiger charge is 2.14. The van der Waals surface area contributed by atoms with Crippen LogP contribution in [0.25, 0.3) is 11.1 Å². The molecule has 0 fully saturated rings. The first-order valence-corrected chi connectivity index (χ1v) is 10.5. The molecule has 6 nitrogen and oxygen atoms in total. The number of hydrogen-bond acceptors (Lipinski definition) is 5. The number of pyridine rings is 2. The van der Waals surface area contributed by atoms with Gasteiger partial charge < -0.3 is 10.1 Å². The minimum atomic E-state index is -2.56. The third kappa shape index (κ3) is 5.07. The summed E-state index contributed by atoms with van der Waals surface area (Å²) in [5.74, 6) is 0.191. The molecule has 1 atom stereocenters. The summed E-state index contributed by atoms with van der Waals surface area (Å²) in [6, 6.07) is 8.66. The summed E-state index contributed by atoms with van der Waals surface area (Å²) in [6.07, 6.45) is 2.59. The van der Waals surface area contributed by atoms with Gasteiger partial charge in [0.1, 0.15) is 29.0 Å². The van der Waals surface area contributed by atoms with Crippen LogP contribution in [0.1, 0.15) is 12.5 Å². The van der Waals surface area contributed by atoms with E-state index in [1.54, 1.807) is 19.1 Å². The van der Waals surface area contributed by atoms with Crippen LogP contribution in [0.5, 0.6) is 5.75 Å². The Balaban J connectivity index is 1.96. The van der Waals surface area contributed by atoms with Crippen molar-refractivity contribution in [2.45, 2.75) is 6.92 Å². The molecule has 0 spiro atoms. The second-order valence-electron chi connectivity index (χ2n) is 6.18. The molecule has 2 heterocycles. The maximum atomic E-state index is 14.4. The second-order valence-corrected chi connectivity index (χ2v) is 8.55. The Morgan fingerprint density at radius 3 is 2.62 bits per heavy atom. The summed E-state index contributed by atoms with van der Waals surface area (Å²) in [4.78, 5) is 8.21. The van der Waals surface area contributed by atoms with Gasteiger partial charge in [-0.2, -0.15) is 0 Å². The van der Waals surface area contributed by atoms with E-state index in [9.17, 15) is 13.0 Å². The molecule has 3 rings (SSSR count). The number of ether oxygens (including phenoxy) is 1. The van der Waals surface area contributed by atoms with E-state index in [4.69, 9.17) is 9.88 Å². The van der Waals surface area contributed by atoms with Crippen molar-refractivity contribution < 1.29 is 17.7 Å². The van der Waals surface area contributed by atoms with E-state index in [0.29, 0.717) is 28.5 Å². The van der Waals surface area contributed by atoms with Gasteiger partial charge in [0.05, 0.1) is 13.3 Å². The van der Waals surface area contributed by atoms with Gasteiger partial charge in [-0.3, -0.25) is 9.35 Å². The molecule has 0 aliphatic rings. The number of nitrogens with two attached hydrogens (primary N) is 1. The van der Waals surface area contributed by atoms with E-state index in [1.165, 1.54) is 42.9 Å². The van der Waals surface area contributed by atoms with Gasteiger partial charge in [-0.1, -0.05) is 6.92 Å². The standard InChI is InChI=1S/C20H20F2N4O2S/c1-3-29(23,27)12-13-6-7-24-19(8-13)26-20-10-16(17(22)11-25-20)15-5-4-14(21)9-18(15)28-2/h4-12H,3H2,1-2H3,(H2,23,27)(H,24,25,26). The molecule has 3 aromatic rings. The fourth-order valence-electron chi connectivity index (χ4n) is 2.63.